The van der Waals surface area contributed by atoms with Crippen LogP contribution in [0.4, 0.5) is 17.2 Å². The number of carbonyl (C=O) groups excluding carboxylic acids is 1. The maximum atomic E-state index is 12.8. The highest BCUT2D eigenvalue weighted by atomic mass is 35.5. The van der Waals surface area contributed by atoms with E-state index in [2.05, 4.69) is 30.5 Å². The number of nitrogens with zero attached hydrogens (tertiary/aromatic N) is 4. The normalized spacial score (nSPS) is 18.5. The minimum absolute atomic E-state index is 0.0994. The fourth-order valence-electron chi connectivity index (χ4n) is 5.09. The van der Waals surface area contributed by atoms with Gasteiger partial charge in [0.25, 0.3) is 0 Å². The van der Waals surface area contributed by atoms with E-state index in [1.54, 1.807) is 37.6 Å². The van der Waals surface area contributed by atoms with Gasteiger partial charge in [0.2, 0.25) is 5.91 Å². The number of hydrogen-bond acceptors (Lipinski definition) is 10. The van der Waals surface area contributed by atoms with Crippen LogP contribution >= 0.6 is 11.6 Å². The van der Waals surface area contributed by atoms with Gasteiger partial charge in [0.05, 0.1) is 54.5 Å². The topological polar surface area (TPSA) is 120 Å². The molecule has 2 saturated heterocycles. The quantitative estimate of drug-likeness (QED) is 0.249. The standard InChI is InChI=1S/C31H31ClN6O5/c1-40-27-15-24-22(14-25(27)37-30(39)6-4-10-38-16-28-29(17-38)42-12-11-41-28)31(35-19-34-24)36-20-7-8-26(23(32)13-20)43-18-21-5-2-3-9-33-21/h2-9,13-15,19,28-29H,10-12,16-18H2,1H3,(H,37,39)(H,34,35,36)/b6-4+. The minimum Gasteiger partial charge on any atom is -0.494 e. The average Bonchev–Trinajstić information content (AvgIpc) is 3.44. The molecule has 11 nitrogen and oxygen atoms in total. The van der Waals surface area contributed by atoms with E-state index in [4.69, 9.17) is 30.5 Å². The van der Waals surface area contributed by atoms with Crippen LogP contribution in [0.15, 0.2) is 73.2 Å². The summed E-state index contributed by atoms with van der Waals surface area (Å²) in [6, 6.07) is 14.6. The van der Waals surface area contributed by atoms with Crippen molar-refractivity contribution in [1.29, 1.82) is 0 Å². The van der Waals surface area contributed by atoms with E-state index in [1.807, 2.05) is 30.3 Å². The molecule has 43 heavy (non-hydrogen) atoms. The molecule has 4 aromatic rings. The molecule has 0 spiro atoms. The summed E-state index contributed by atoms with van der Waals surface area (Å²) in [7, 11) is 1.55. The number of ether oxygens (including phenoxy) is 4. The minimum atomic E-state index is -0.277. The first kappa shape index (κ1) is 28.8. The second kappa shape index (κ2) is 13.3. The highest BCUT2D eigenvalue weighted by Gasteiger charge is 2.35. The van der Waals surface area contributed by atoms with Crippen LogP contribution < -0.4 is 20.1 Å². The summed E-state index contributed by atoms with van der Waals surface area (Å²) < 4.78 is 22.9. The Balaban J connectivity index is 1.13. The van der Waals surface area contributed by atoms with Gasteiger partial charge in [0, 0.05) is 49.0 Å². The fraction of sp³-hybridized carbons (Fsp3) is 0.290. The predicted octanol–water partition coefficient (Wildman–Crippen LogP) is 4.60. The van der Waals surface area contributed by atoms with Gasteiger partial charge in [-0.15, -0.1) is 0 Å². The van der Waals surface area contributed by atoms with E-state index in [9.17, 15) is 4.79 Å². The number of halogens is 1. The molecule has 12 heteroatoms. The Hall–Kier alpha value is -4.29. The molecule has 222 valence electrons. The van der Waals surface area contributed by atoms with Gasteiger partial charge in [-0.05, 0) is 36.4 Å². The Morgan fingerprint density at radius 1 is 1.07 bits per heavy atom. The van der Waals surface area contributed by atoms with Gasteiger partial charge in [-0.1, -0.05) is 23.7 Å². The lowest BCUT2D eigenvalue weighted by Gasteiger charge is -2.24. The molecule has 6 rings (SSSR count). The van der Waals surface area contributed by atoms with Crippen LogP contribution in [0.2, 0.25) is 5.02 Å². The number of rotatable bonds is 10. The van der Waals surface area contributed by atoms with Crippen molar-refractivity contribution in [3.63, 3.8) is 0 Å². The number of benzene rings is 2. The molecule has 0 radical (unpaired) electrons. The van der Waals surface area contributed by atoms with Gasteiger partial charge in [-0.25, -0.2) is 9.97 Å². The van der Waals surface area contributed by atoms with Gasteiger partial charge in [-0.3, -0.25) is 14.7 Å². The second-order valence-corrected chi connectivity index (χ2v) is 10.5. The summed E-state index contributed by atoms with van der Waals surface area (Å²) in [6.45, 7) is 3.77. The Morgan fingerprint density at radius 2 is 1.91 bits per heavy atom. The molecule has 2 unspecified atom stereocenters. The van der Waals surface area contributed by atoms with Crippen molar-refractivity contribution in [2.24, 2.45) is 0 Å². The van der Waals surface area contributed by atoms with Crippen LogP contribution in [0.1, 0.15) is 5.69 Å². The number of likely N-dealkylation sites (tertiary alicyclic amines) is 1. The Kier molecular flexibility index (Phi) is 8.94. The van der Waals surface area contributed by atoms with Gasteiger partial charge in [0.1, 0.15) is 30.3 Å². The number of fused-ring (bicyclic) bond motifs is 2. The van der Waals surface area contributed by atoms with Crippen LogP contribution in [-0.2, 0) is 20.9 Å². The lowest BCUT2D eigenvalue weighted by molar-refractivity contribution is -0.116. The van der Waals surface area contributed by atoms with Gasteiger partial charge in [0.15, 0.2) is 0 Å². The van der Waals surface area contributed by atoms with Gasteiger partial charge < -0.3 is 29.6 Å². The number of hydrogen-bond donors (Lipinski definition) is 2. The molecule has 0 saturated carbocycles. The van der Waals surface area contributed by atoms with E-state index in [1.165, 1.54) is 12.4 Å². The van der Waals surface area contributed by atoms with Crippen LogP contribution in [0.3, 0.4) is 0 Å². The van der Waals surface area contributed by atoms with E-state index in [0.717, 1.165) is 18.8 Å². The molecule has 0 aliphatic carbocycles. The van der Waals surface area contributed by atoms with Crippen molar-refractivity contribution < 1.29 is 23.7 Å². The first-order valence-corrected chi connectivity index (χ1v) is 14.3. The summed E-state index contributed by atoms with van der Waals surface area (Å²) in [5, 5.41) is 7.34. The lowest BCUT2D eigenvalue weighted by Crippen LogP contribution is -2.36. The van der Waals surface area contributed by atoms with E-state index < -0.39 is 0 Å². The van der Waals surface area contributed by atoms with Gasteiger partial charge in [-0.2, -0.15) is 0 Å². The highest BCUT2D eigenvalue weighted by Crippen LogP contribution is 2.35. The predicted molar refractivity (Wildman–Crippen MR) is 163 cm³/mol. The van der Waals surface area contributed by atoms with Crippen LogP contribution in [-0.4, -0.2) is 77.9 Å². The molecule has 2 atom stereocenters. The summed E-state index contributed by atoms with van der Waals surface area (Å²) in [4.78, 5) is 28.1. The molecular weight excluding hydrogens is 572 g/mol. The molecule has 2 aromatic carbocycles. The van der Waals surface area contributed by atoms with Crippen molar-refractivity contribution in [2.45, 2.75) is 18.8 Å². The lowest BCUT2D eigenvalue weighted by atomic mass is 10.1. The largest absolute Gasteiger partial charge is 0.494 e. The summed E-state index contributed by atoms with van der Waals surface area (Å²) in [5.41, 5.74) is 2.64. The third-order valence-electron chi connectivity index (χ3n) is 7.18. The number of amides is 1. The number of aromatic nitrogens is 3. The number of anilines is 3. The average molecular weight is 603 g/mol. The van der Waals surface area contributed by atoms with Crippen molar-refractivity contribution in [1.82, 2.24) is 19.9 Å². The molecule has 2 fully saturated rings. The SMILES string of the molecule is COc1cc2ncnc(Nc3ccc(OCc4ccccn4)c(Cl)c3)c2cc1NC(=O)/C=C/CN1CC2OCCOC2C1. The number of carbonyl (C=O) groups is 1. The second-order valence-electron chi connectivity index (χ2n) is 10.1. The zero-order chi connectivity index (χ0) is 29.6. The maximum Gasteiger partial charge on any atom is 0.248 e. The molecule has 2 aliphatic rings. The molecule has 2 aliphatic heterocycles. The first-order valence-electron chi connectivity index (χ1n) is 13.9. The molecular formula is C31H31ClN6O5. The third kappa shape index (κ3) is 7.03. The monoisotopic (exact) mass is 602 g/mol. The van der Waals surface area contributed by atoms with Crippen molar-refractivity contribution in [3.05, 3.63) is 83.9 Å². The van der Waals surface area contributed by atoms with E-state index >= 15 is 0 Å². The van der Waals surface area contributed by atoms with Crippen molar-refractivity contribution in [2.75, 3.05) is 50.6 Å². The van der Waals surface area contributed by atoms with Crippen LogP contribution in [0.5, 0.6) is 11.5 Å². The zero-order valence-corrected chi connectivity index (χ0v) is 24.3. The molecule has 4 heterocycles. The van der Waals surface area contributed by atoms with E-state index in [0.29, 0.717) is 71.0 Å². The smallest absolute Gasteiger partial charge is 0.248 e. The molecule has 0 bridgehead atoms. The summed E-state index contributed by atoms with van der Waals surface area (Å²) in [5.74, 6) is 1.28. The maximum absolute atomic E-state index is 12.8. The number of methoxy groups -OCH3 is 1. The number of pyridine rings is 1. The van der Waals surface area contributed by atoms with Crippen LogP contribution in [0, 0.1) is 0 Å². The third-order valence-corrected chi connectivity index (χ3v) is 7.48. The van der Waals surface area contributed by atoms with Crippen molar-refractivity contribution >= 4 is 45.6 Å². The number of nitrogens with one attached hydrogen (secondary N) is 2. The Bertz CT molecular complexity index is 1610. The van der Waals surface area contributed by atoms with E-state index in [-0.39, 0.29) is 18.1 Å². The van der Waals surface area contributed by atoms with Crippen molar-refractivity contribution in [3.8, 4) is 11.5 Å². The van der Waals surface area contributed by atoms with Crippen LogP contribution in [0.25, 0.3) is 10.9 Å². The Morgan fingerprint density at radius 3 is 2.65 bits per heavy atom. The molecule has 1 amide bonds. The molecule has 2 N–H and O–H groups in total. The summed E-state index contributed by atoms with van der Waals surface area (Å²) >= 11 is 6.51. The molecule has 2 aromatic heterocycles. The summed E-state index contributed by atoms with van der Waals surface area (Å²) in [6.07, 6.45) is 6.73. The fourth-order valence-corrected chi connectivity index (χ4v) is 5.32. The Labute approximate surface area is 253 Å². The van der Waals surface area contributed by atoms with Gasteiger partial charge >= 0.3 is 0 Å². The zero-order valence-electron chi connectivity index (χ0n) is 23.5. The highest BCUT2D eigenvalue weighted by molar-refractivity contribution is 6.32. The first-order chi connectivity index (χ1) is 21.1.